The van der Waals surface area contributed by atoms with Gasteiger partial charge in [0.25, 0.3) is 5.91 Å². The first-order valence-corrected chi connectivity index (χ1v) is 10.3. The van der Waals surface area contributed by atoms with Gasteiger partial charge in [0, 0.05) is 19.7 Å². The van der Waals surface area contributed by atoms with Gasteiger partial charge >= 0.3 is 0 Å². The fourth-order valence-corrected chi connectivity index (χ4v) is 3.82. The SMILES string of the molecule is Cc1c(C(=O)N(Cc2cccc(F)c2)CC2CCCO2)nnn1-c1ccc(F)c(Cl)c1. The first-order valence-electron chi connectivity index (χ1n) is 9.95. The van der Waals surface area contributed by atoms with Crippen molar-refractivity contribution in [1.82, 2.24) is 19.9 Å². The van der Waals surface area contributed by atoms with Gasteiger partial charge in [-0.1, -0.05) is 28.9 Å². The van der Waals surface area contributed by atoms with Gasteiger partial charge in [0.1, 0.15) is 11.6 Å². The van der Waals surface area contributed by atoms with E-state index >= 15 is 0 Å². The van der Waals surface area contributed by atoms with Gasteiger partial charge in [-0.2, -0.15) is 0 Å². The molecule has 0 saturated carbocycles. The lowest BCUT2D eigenvalue weighted by Crippen LogP contribution is -2.37. The molecular weight excluding hydrogens is 426 g/mol. The van der Waals surface area contributed by atoms with Crippen LogP contribution in [0.3, 0.4) is 0 Å². The molecule has 6 nitrogen and oxygen atoms in total. The standard InChI is InChI=1S/C22H21ClF2N4O2/c1-14-21(26-27-29(14)17-7-8-20(25)19(23)11-17)22(30)28(13-18-6-3-9-31-18)12-15-4-2-5-16(24)10-15/h2,4-5,7-8,10-11,18H,3,6,9,12-13H2,1H3. The Kier molecular flexibility index (Phi) is 6.29. The Balaban J connectivity index is 1.62. The second kappa shape index (κ2) is 9.11. The number of ether oxygens (including phenoxy) is 1. The van der Waals surface area contributed by atoms with Crippen LogP contribution in [0.2, 0.25) is 5.02 Å². The number of aromatic nitrogens is 3. The van der Waals surface area contributed by atoms with E-state index in [1.807, 2.05) is 0 Å². The molecule has 0 aliphatic carbocycles. The van der Waals surface area contributed by atoms with Crippen molar-refractivity contribution in [1.29, 1.82) is 0 Å². The van der Waals surface area contributed by atoms with Crippen LogP contribution < -0.4 is 0 Å². The van der Waals surface area contributed by atoms with Gasteiger partial charge in [0.2, 0.25) is 0 Å². The summed E-state index contributed by atoms with van der Waals surface area (Å²) in [7, 11) is 0. The van der Waals surface area contributed by atoms with Crippen LogP contribution in [-0.2, 0) is 11.3 Å². The minimum absolute atomic E-state index is 0.0496. The Morgan fingerprint density at radius 2 is 2.13 bits per heavy atom. The molecule has 31 heavy (non-hydrogen) atoms. The van der Waals surface area contributed by atoms with Gasteiger partial charge in [-0.05, 0) is 55.7 Å². The molecule has 4 rings (SSSR count). The maximum Gasteiger partial charge on any atom is 0.276 e. The molecule has 3 aromatic rings. The molecule has 0 bridgehead atoms. The minimum atomic E-state index is -0.544. The first kappa shape index (κ1) is 21.4. The Morgan fingerprint density at radius 3 is 2.84 bits per heavy atom. The van der Waals surface area contributed by atoms with Crippen LogP contribution in [0.25, 0.3) is 5.69 Å². The zero-order valence-electron chi connectivity index (χ0n) is 16.9. The van der Waals surface area contributed by atoms with Crippen molar-refractivity contribution in [2.24, 2.45) is 0 Å². The van der Waals surface area contributed by atoms with Gasteiger partial charge in [0.15, 0.2) is 5.69 Å². The van der Waals surface area contributed by atoms with Crippen molar-refractivity contribution in [3.05, 3.63) is 76.1 Å². The van der Waals surface area contributed by atoms with Crippen LogP contribution in [0.5, 0.6) is 0 Å². The van der Waals surface area contributed by atoms with Crippen LogP contribution in [0.4, 0.5) is 8.78 Å². The fourth-order valence-electron chi connectivity index (χ4n) is 3.65. The van der Waals surface area contributed by atoms with E-state index < -0.39 is 5.82 Å². The molecule has 2 heterocycles. The maximum atomic E-state index is 13.7. The van der Waals surface area contributed by atoms with Gasteiger partial charge in [-0.15, -0.1) is 5.10 Å². The number of hydrogen-bond acceptors (Lipinski definition) is 4. The minimum Gasteiger partial charge on any atom is -0.376 e. The monoisotopic (exact) mass is 446 g/mol. The fraction of sp³-hybridized carbons (Fsp3) is 0.318. The molecule has 1 atom stereocenters. The lowest BCUT2D eigenvalue weighted by atomic mass is 10.1. The number of hydrogen-bond donors (Lipinski definition) is 0. The molecule has 2 aromatic carbocycles. The number of rotatable bonds is 6. The molecule has 0 N–H and O–H groups in total. The van der Waals surface area contributed by atoms with Crippen molar-refractivity contribution in [2.75, 3.05) is 13.2 Å². The molecule has 9 heteroatoms. The molecule has 1 amide bonds. The van der Waals surface area contributed by atoms with E-state index in [1.165, 1.54) is 35.0 Å². The molecule has 0 radical (unpaired) electrons. The quantitative estimate of drug-likeness (QED) is 0.565. The lowest BCUT2D eigenvalue weighted by Gasteiger charge is -2.25. The Labute approximate surface area is 183 Å². The van der Waals surface area contributed by atoms with E-state index in [9.17, 15) is 13.6 Å². The van der Waals surface area contributed by atoms with Crippen molar-refractivity contribution >= 4 is 17.5 Å². The van der Waals surface area contributed by atoms with Crippen molar-refractivity contribution < 1.29 is 18.3 Å². The predicted molar refractivity (Wildman–Crippen MR) is 111 cm³/mol. The highest BCUT2D eigenvalue weighted by Gasteiger charge is 2.27. The topological polar surface area (TPSA) is 60.3 Å². The second-order valence-electron chi connectivity index (χ2n) is 7.48. The summed E-state index contributed by atoms with van der Waals surface area (Å²) in [5.74, 6) is -1.24. The van der Waals surface area contributed by atoms with E-state index in [0.29, 0.717) is 30.1 Å². The van der Waals surface area contributed by atoms with Gasteiger partial charge in [-0.3, -0.25) is 4.79 Å². The molecule has 162 valence electrons. The zero-order valence-corrected chi connectivity index (χ0v) is 17.6. The molecule has 1 fully saturated rings. The summed E-state index contributed by atoms with van der Waals surface area (Å²) in [6.07, 6.45) is 1.71. The predicted octanol–water partition coefficient (Wildman–Crippen LogP) is 4.33. The molecular formula is C22H21ClF2N4O2. The summed E-state index contributed by atoms with van der Waals surface area (Å²) in [4.78, 5) is 15.0. The molecule has 0 spiro atoms. The molecule has 1 unspecified atom stereocenters. The van der Waals surface area contributed by atoms with E-state index in [4.69, 9.17) is 16.3 Å². The highest BCUT2D eigenvalue weighted by atomic mass is 35.5. The summed E-state index contributed by atoms with van der Waals surface area (Å²) in [5.41, 5.74) is 1.81. The Bertz CT molecular complexity index is 1100. The number of halogens is 3. The third-order valence-electron chi connectivity index (χ3n) is 5.24. The summed E-state index contributed by atoms with van der Waals surface area (Å²) in [5, 5.41) is 8.08. The lowest BCUT2D eigenvalue weighted by molar-refractivity contribution is 0.0502. The van der Waals surface area contributed by atoms with E-state index in [-0.39, 0.29) is 35.1 Å². The number of nitrogens with zero attached hydrogens (tertiary/aromatic N) is 4. The van der Waals surface area contributed by atoms with Crippen LogP contribution in [0, 0.1) is 18.6 Å². The van der Waals surface area contributed by atoms with Gasteiger partial charge < -0.3 is 9.64 Å². The number of carbonyl (C=O) groups is 1. The molecule has 1 aromatic heterocycles. The van der Waals surface area contributed by atoms with E-state index in [0.717, 1.165) is 12.8 Å². The molecule has 1 aliphatic rings. The summed E-state index contributed by atoms with van der Waals surface area (Å²) in [6.45, 7) is 2.94. The van der Waals surface area contributed by atoms with Crippen molar-refractivity contribution in [2.45, 2.75) is 32.4 Å². The Morgan fingerprint density at radius 1 is 1.29 bits per heavy atom. The average Bonchev–Trinajstić information content (AvgIpc) is 3.39. The third kappa shape index (κ3) is 4.75. The van der Waals surface area contributed by atoms with Gasteiger partial charge in [0.05, 0.1) is 22.5 Å². The van der Waals surface area contributed by atoms with E-state index in [2.05, 4.69) is 10.3 Å². The number of carbonyl (C=O) groups excluding carboxylic acids is 1. The van der Waals surface area contributed by atoms with Crippen LogP contribution >= 0.6 is 11.6 Å². The van der Waals surface area contributed by atoms with Crippen LogP contribution in [-0.4, -0.2) is 45.1 Å². The number of amides is 1. The van der Waals surface area contributed by atoms with Crippen molar-refractivity contribution in [3.8, 4) is 5.69 Å². The summed E-state index contributed by atoms with van der Waals surface area (Å²) >= 11 is 5.88. The number of benzene rings is 2. The maximum absolute atomic E-state index is 13.7. The smallest absolute Gasteiger partial charge is 0.276 e. The van der Waals surface area contributed by atoms with Crippen LogP contribution in [0.15, 0.2) is 42.5 Å². The first-order chi connectivity index (χ1) is 14.9. The van der Waals surface area contributed by atoms with Crippen molar-refractivity contribution in [3.63, 3.8) is 0 Å². The molecule has 1 saturated heterocycles. The van der Waals surface area contributed by atoms with E-state index in [1.54, 1.807) is 24.0 Å². The Hall–Kier alpha value is -2.84. The normalized spacial score (nSPS) is 15.9. The average molecular weight is 447 g/mol. The highest BCUT2D eigenvalue weighted by Crippen LogP contribution is 2.22. The highest BCUT2D eigenvalue weighted by molar-refractivity contribution is 6.30. The summed E-state index contributed by atoms with van der Waals surface area (Å²) in [6, 6.07) is 10.3. The summed E-state index contributed by atoms with van der Waals surface area (Å²) < 4.78 is 34.3. The second-order valence-corrected chi connectivity index (χ2v) is 7.89. The van der Waals surface area contributed by atoms with Gasteiger partial charge in [-0.25, -0.2) is 13.5 Å². The van der Waals surface area contributed by atoms with Crippen LogP contribution in [0.1, 0.15) is 34.6 Å². The zero-order chi connectivity index (χ0) is 22.0. The third-order valence-corrected chi connectivity index (χ3v) is 5.53. The largest absolute Gasteiger partial charge is 0.376 e. The molecule has 1 aliphatic heterocycles.